The Kier molecular flexibility index (Phi) is 12.7. The van der Waals surface area contributed by atoms with Crippen LogP contribution in [0.2, 0.25) is 0 Å². The quantitative estimate of drug-likeness (QED) is 0.338. The molecule has 8 heteroatoms. The molecular weight excluding hydrogens is 312 g/mol. The summed E-state index contributed by atoms with van der Waals surface area (Å²) in [6.45, 7) is 6.85. The van der Waals surface area contributed by atoms with Gasteiger partial charge in [-0.1, -0.05) is 6.92 Å². The van der Waals surface area contributed by atoms with Gasteiger partial charge in [-0.25, -0.2) is 12.2 Å². The smallest absolute Gasteiger partial charge is 0.293 e. The Balaban J connectivity index is -0.000000208. The van der Waals surface area contributed by atoms with Crippen molar-refractivity contribution in [1.29, 1.82) is 0 Å². The Morgan fingerprint density at radius 3 is 1.73 bits per heavy atom. The van der Waals surface area contributed by atoms with Crippen LogP contribution in [0.15, 0.2) is 18.2 Å². The fraction of sp³-hybridized carbons (Fsp3) is 0.429. The van der Waals surface area contributed by atoms with Crippen LogP contribution in [0.4, 0.5) is 13.2 Å². The van der Waals surface area contributed by atoms with Crippen molar-refractivity contribution in [3.8, 4) is 0 Å². The van der Waals surface area contributed by atoms with Crippen LogP contribution >= 0.6 is 0 Å². The molecule has 0 atom stereocenters. The minimum atomic E-state index is -5.34. The number of halogens is 3. The van der Waals surface area contributed by atoms with Crippen molar-refractivity contribution < 1.29 is 52.0 Å². The summed E-state index contributed by atoms with van der Waals surface area (Å²) in [5.74, 6) is 0. The van der Waals surface area contributed by atoms with Crippen molar-refractivity contribution >= 4 is 10.1 Å². The predicted molar refractivity (Wildman–Crippen MR) is 45.7 cm³/mol. The molecule has 0 amide bonds. The minimum Gasteiger partial charge on any atom is -0.293 e. The fourth-order valence-electron chi connectivity index (χ4n) is 0.206. The number of rotatable bonds is 2. The average molecular weight is 322 g/mol. The van der Waals surface area contributed by atoms with Gasteiger partial charge in [0.2, 0.25) is 0 Å². The summed E-state index contributed by atoms with van der Waals surface area (Å²) >= 11 is 0. The topological polar surface area (TPSA) is 43.4 Å². The van der Waals surface area contributed by atoms with E-state index in [0.717, 1.165) is 0 Å². The molecule has 0 saturated carbocycles. The van der Waals surface area contributed by atoms with Crippen molar-refractivity contribution in [3.05, 3.63) is 24.8 Å². The van der Waals surface area contributed by atoms with Gasteiger partial charge in [0.15, 0.2) is 0 Å². The van der Waals surface area contributed by atoms with Gasteiger partial charge in [-0.3, -0.25) is 10.8 Å². The van der Waals surface area contributed by atoms with E-state index in [1.165, 1.54) is 6.08 Å². The third-order valence-corrected chi connectivity index (χ3v) is 1.81. The molecule has 0 aliphatic carbocycles. The molecule has 0 N–H and O–H groups in total. The van der Waals surface area contributed by atoms with Gasteiger partial charge in [0.05, 0.1) is 7.11 Å². The van der Waals surface area contributed by atoms with Gasteiger partial charge in [-0.05, 0) is 0 Å². The second kappa shape index (κ2) is 9.30. The Labute approximate surface area is 106 Å². The second-order valence-electron chi connectivity index (χ2n) is 1.78. The summed E-state index contributed by atoms with van der Waals surface area (Å²) in [5, 5.41) is 0. The van der Waals surface area contributed by atoms with Crippen LogP contribution in [0.3, 0.4) is 0 Å². The van der Waals surface area contributed by atoms with Gasteiger partial charge in [-0.15, -0.1) is 0 Å². The molecule has 0 fully saturated rings. The molecule has 88 valence electrons. The SMILES string of the molecule is COS(=O)(=O)C(F)(F)F.[CH-]=CC=CC.[Zr]. The molecule has 15 heavy (non-hydrogen) atoms. The first kappa shape index (κ1) is 20.5. The van der Waals surface area contributed by atoms with E-state index in [1.807, 2.05) is 13.0 Å². The van der Waals surface area contributed by atoms with Crippen LogP contribution < -0.4 is 0 Å². The first-order valence-electron chi connectivity index (χ1n) is 3.26. The van der Waals surface area contributed by atoms with E-state index in [9.17, 15) is 21.6 Å². The van der Waals surface area contributed by atoms with Crippen LogP contribution in [0.25, 0.3) is 0 Å². The van der Waals surface area contributed by atoms with Gasteiger partial charge >= 0.3 is 15.6 Å². The van der Waals surface area contributed by atoms with E-state index in [1.54, 1.807) is 6.08 Å². The zero-order chi connectivity index (χ0) is 11.8. The van der Waals surface area contributed by atoms with Gasteiger partial charge in [0, 0.05) is 26.2 Å². The van der Waals surface area contributed by atoms with Gasteiger partial charge in [-0.2, -0.15) is 27.7 Å². The molecule has 0 rings (SSSR count). The molecule has 0 unspecified atom stereocenters. The molecule has 0 aliphatic heterocycles. The third-order valence-electron chi connectivity index (χ3n) is 0.806. The average Bonchev–Trinajstić information content (AvgIpc) is 2.05. The molecule has 0 bridgehead atoms. The van der Waals surface area contributed by atoms with Crippen molar-refractivity contribution in [1.82, 2.24) is 0 Å². The molecular formula is C7H10F3O3SZr-. The van der Waals surface area contributed by atoms with E-state index in [-0.39, 0.29) is 26.2 Å². The first-order valence-corrected chi connectivity index (χ1v) is 4.66. The minimum absolute atomic E-state index is 0. The normalized spacial score (nSPS) is 11.3. The molecule has 0 aromatic carbocycles. The molecule has 0 heterocycles. The van der Waals surface area contributed by atoms with E-state index >= 15 is 0 Å². The number of allylic oxidation sites excluding steroid dienone is 3. The maximum Gasteiger partial charge on any atom is 0.523 e. The summed E-state index contributed by atoms with van der Waals surface area (Å²) in [6.07, 6.45) is 5.15. The van der Waals surface area contributed by atoms with Crippen LogP contribution in [0.1, 0.15) is 6.92 Å². The predicted octanol–water partition coefficient (Wildman–Crippen LogP) is 2.03. The zero-order valence-electron chi connectivity index (χ0n) is 8.08. The van der Waals surface area contributed by atoms with Gasteiger partial charge in [0.25, 0.3) is 0 Å². The molecule has 0 radical (unpaired) electrons. The van der Waals surface area contributed by atoms with E-state index in [0.29, 0.717) is 7.11 Å². The van der Waals surface area contributed by atoms with Gasteiger partial charge in [0.1, 0.15) is 0 Å². The molecule has 3 nitrogen and oxygen atoms in total. The fourth-order valence-corrected chi connectivity index (χ4v) is 0.395. The molecule has 0 aliphatic rings. The second-order valence-corrected chi connectivity index (χ2v) is 3.49. The Morgan fingerprint density at radius 2 is 1.73 bits per heavy atom. The van der Waals surface area contributed by atoms with Crippen molar-refractivity contribution in [2.24, 2.45) is 0 Å². The van der Waals surface area contributed by atoms with Crippen molar-refractivity contribution in [3.63, 3.8) is 0 Å². The first-order chi connectivity index (χ1) is 6.22. The van der Waals surface area contributed by atoms with Crippen molar-refractivity contribution in [2.75, 3.05) is 7.11 Å². The van der Waals surface area contributed by atoms with E-state index in [4.69, 9.17) is 6.58 Å². The van der Waals surface area contributed by atoms with Gasteiger partial charge < -0.3 is 0 Å². The van der Waals surface area contributed by atoms with Crippen LogP contribution in [-0.4, -0.2) is 21.0 Å². The maximum atomic E-state index is 11.1. The Bertz CT molecular complexity index is 282. The van der Waals surface area contributed by atoms with Crippen molar-refractivity contribution in [2.45, 2.75) is 12.4 Å². The van der Waals surface area contributed by atoms with Crippen LogP contribution in [-0.2, 0) is 40.5 Å². The Morgan fingerprint density at radius 1 is 1.33 bits per heavy atom. The number of hydrogen-bond donors (Lipinski definition) is 0. The standard InChI is InChI=1S/C5H7.C2H3F3O3S.Zr/c1-3-5-4-2;1-8-9(6,7)2(3,4)5;/h1,3-5H,2H3;1H3;/q-1;;. The third kappa shape index (κ3) is 10.3. The number of hydrogen-bond acceptors (Lipinski definition) is 3. The largest absolute Gasteiger partial charge is 0.523 e. The molecule has 0 aromatic heterocycles. The van der Waals surface area contributed by atoms with E-state index < -0.39 is 15.6 Å². The summed E-state index contributed by atoms with van der Waals surface area (Å²) in [6, 6.07) is 0. The molecule has 0 spiro atoms. The van der Waals surface area contributed by atoms with Crippen LogP contribution in [0.5, 0.6) is 0 Å². The Hall–Kier alpha value is 0.0631. The summed E-state index contributed by atoms with van der Waals surface area (Å²) < 4.78 is 55.9. The van der Waals surface area contributed by atoms with Crippen LogP contribution in [0, 0.1) is 6.58 Å². The summed E-state index contributed by atoms with van der Waals surface area (Å²) in [4.78, 5) is 0. The zero-order valence-corrected chi connectivity index (χ0v) is 11.4. The number of alkyl halides is 3. The van der Waals surface area contributed by atoms with E-state index in [2.05, 4.69) is 4.18 Å². The molecule has 0 aromatic rings. The maximum absolute atomic E-state index is 11.1. The molecule has 0 saturated heterocycles. The summed E-state index contributed by atoms with van der Waals surface area (Å²) in [5.41, 5.74) is -5.30. The summed E-state index contributed by atoms with van der Waals surface area (Å²) in [7, 11) is -4.89. The monoisotopic (exact) mass is 321 g/mol.